The van der Waals surface area contributed by atoms with Gasteiger partial charge in [-0.2, -0.15) is 0 Å². The number of hydrogen-bond donors (Lipinski definition) is 1. The van der Waals surface area contributed by atoms with E-state index >= 15 is 0 Å². The molecule has 0 aliphatic heterocycles. The molecule has 0 aliphatic rings. The van der Waals surface area contributed by atoms with Gasteiger partial charge in [-0.3, -0.25) is 4.79 Å². The molecule has 5 nitrogen and oxygen atoms in total. The summed E-state index contributed by atoms with van der Waals surface area (Å²) in [6, 6.07) is 10.7. The number of rotatable bonds is 7. The number of hydrogen-bond acceptors (Lipinski definition) is 4. The van der Waals surface area contributed by atoms with Gasteiger partial charge in [-0.05, 0) is 38.1 Å². The van der Waals surface area contributed by atoms with Crippen molar-refractivity contribution in [1.29, 1.82) is 0 Å². The van der Waals surface area contributed by atoms with Crippen LogP contribution in [0.25, 0.3) is 0 Å². The van der Waals surface area contributed by atoms with Crippen molar-refractivity contribution >= 4 is 5.91 Å². The second kappa shape index (κ2) is 7.66. The van der Waals surface area contributed by atoms with Gasteiger partial charge in [-0.15, -0.1) is 0 Å². The van der Waals surface area contributed by atoms with E-state index in [0.717, 1.165) is 11.5 Å². The van der Waals surface area contributed by atoms with Gasteiger partial charge in [0.25, 0.3) is 5.91 Å². The first-order valence-electron chi connectivity index (χ1n) is 7.19. The zero-order valence-electron chi connectivity index (χ0n) is 13.1. The van der Waals surface area contributed by atoms with Crippen molar-refractivity contribution < 1.29 is 18.7 Å². The zero-order valence-corrected chi connectivity index (χ0v) is 13.1. The van der Waals surface area contributed by atoms with Gasteiger partial charge in [-0.1, -0.05) is 12.1 Å². The van der Waals surface area contributed by atoms with Crippen LogP contribution >= 0.6 is 0 Å². The molecular formula is C17H21NO4. The third-order valence-corrected chi connectivity index (χ3v) is 3.21. The highest BCUT2D eigenvalue weighted by Gasteiger charge is 2.17. The van der Waals surface area contributed by atoms with Crippen LogP contribution in [-0.2, 0) is 4.74 Å². The molecule has 118 valence electrons. The number of ether oxygens (including phenoxy) is 2. The van der Waals surface area contributed by atoms with E-state index in [-0.39, 0.29) is 11.9 Å². The van der Waals surface area contributed by atoms with Gasteiger partial charge in [0.1, 0.15) is 23.9 Å². The molecule has 0 saturated carbocycles. The number of furan rings is 1. The summed E-state index contributed by atoms with van der Waals surface area (Å²) in [5, 5.41) is 2.91. The molecule has 1 heterocycles. The van der Waals surface area contributed by atoms with Crippen molar-refractivity contribution in [2.45, 2.75) is 19.9 Å². The van der Waals surface area contributed by atoms with E-state index in [1.54, 1.807) is 25.3 Å². The quantitative estimate of drug-likeness (QED) is 0.798. The molecule has 0 unspecified atom stereocenters. The molecule has 1 N–H and O–H groups in total. The number of carbonyl (C=O) groups excluding carboxylic acids is 1. The first-order valence-corrected chi connectivity index (χ1v) is 7.19. The monoisotopic (exact) mass is 303 g/mol. The smallest absolute Gasteiger partial charge is 0.255 e. The fourth-order valence-electron chi connectivity index (χ4n) is 2.05. The number of methoxy groups -OCH3 is 1. The van der Waals surface area contributed by atoms with Crippen LogP contribution in [0.5, 0.6) is 5.75 Å². The first kappa shape index (κ1) is 16.1. The minimum atomic E-state index is -0.215. The Bertz CT molecular complexity index is 621. The zero-order chi connectivity index (χ0) is 15.9. The van der Waals surface area contributed by atoms with E-state index < -0.39 is 0 Å². The molecule has 0 fully saturated rings. The lowest BCUT2D eigenvalue weighted by Gasteiger charge is -2.14. The number of nitrogens with one attached hydrogen (secondary N) is 1. The van der Waals surface area contributed by atoms with Crippen LogP contribution in [0.4, 0.5) is 0 Å². The van der Waals surface area contributed by atoms with E-state index in [1.165, 1.54) is 0 Å². The fourth-order valence-corrected chi connectivity index (χ4v) is 2.05. The molecule has 5 heteroatoms. The van der Waals surface area contributed by atoms with Crippen LogP contribution in [0.3, 0.4) is 0 Å². The predicted octanol–water partition coefficient (Wildman–Crippen LogP) is 3.10. The number of carbonyl (C=O) groups is 1. The highest BCUT2D eigenvalue weighted by molar-refractivity contribution is 5.97. The van der Waals surface area contributed by atoms with Crippen LogP contribution in [0, 0.1) is 6.92 Å². The first-order chi connectivity index (χ1) is 10.6. The van der Waals surface area contributed by atoms with Crippen LogP contribution in [0.15, 0.2) is 40.8 Å². The van der Waals surface area contributed by atoms with Crippen molar-refractivity contribution in [3.8, 4) is 5.75 Å². The molecule has 1 aromatic carbocycles. The average molecular weight is 303 g/mol. The molecule has 1 amide bonds. The topological polar surface area (TPSA) is 60.7 Å². The molecule has 2 rings (SSSR count). The van der Waals surface area contributed by atoms with Crippen molar-refractivity contribution in [3.05, 3.63) is 53.5 Å². The normalized spacial score (nSPS) is 12.0. The van der Waals surface area contributed by atoms with Crippen LogP contribution in [0.1, 0.15) is 34.8 Å². The second-order valence-corrected chi connectivity index (χ2v) is 4.98. The van der Waals surface area contributed by atoms with Crippen molar-refractivity contribution in [1.82, 2.24) is 5.32 Å². The molecular weight excluding hydrogens is 282 g/mol. The number of benzene rings is 1. The Morgan fingerprint density at radius 2 is 2.00 bits per heavy atom. The summed E-state index contributed by atoms with van der Waals surface area (Å²) in [5.74, 6) is 1.89. The maximum atomic E-state index is 12.4. The SMILES string of the molecule is COCCOc1ccccc1C(=O)N[C@@H](C)c1ccc(C)o1. The van der Waals surface area contributed by atoms with Crippen LogP contribution in [-0.4, -0.2) is 26.2 Å². The lowest BCUT2D eigenvalue weighted by molar-refractivity contribution is 0.0927. The van der Waals surface area contributed by atoms with Gasteiger partial charge in [-0.25, -0.2) is 0 Å². The lowest BCUT2D eigenvalue weighted by Crippen LogP contribution is -2.27. The van der Waals surface area contributed by atoms with Crippen molar-refractivity contribution in [3.63, 3.8) is 0 Å². The summed E-state index contributed by atoms with van der Waals surface area (Å²) in [4.78, 5) is 12.4. The second-order valence-electron chi connectivity index (χ2n) is 4.98. The summed E-state index contributed by atoms with van der Waals surface area (Å²) >= 11 is 0. The van der Waals surface area contributed by atoms with Gasteiger partial charge in [0.2, 0.25) is 0 Å². The largest absolute Gasteiger partial charge is 0.490 e. The molecule has 0 saturated heterocycles. The molecule has 0 aliphatic carbocycles. The minimum absolute atomic E-state index is 0.199. The van der Waals surface area contributed by atoms with Gasteiger partial charge in [0.05, 0.1) is 18.2 Å². The van der Waals surface area contributed by atoms with E-state index in [9.17, 15) is 4.79 Å². The summed E-state index contributed by atoms with van der Waals surface area (Å²) in [5.41, 5.74) is 0.494. The van der Waals surface area contributed by atoms with Gasteiger partial charge in [0, 0.05) is 7.11 Å². The highest BCUT2D eigenvalue weighted by Crippen LogP contribution is 2.20. The maximum absolute atomic E-state index is 12.4. The standard InChI is InChI=1S/C17H21NO4/c1-12-8-9-15(22-12)13(2)18-17(19)14-6-4-5-7-16(14)21-11-10-20-3/h4-9,13H,10-11H2,1-3H3,(H,18,19)/t13-/m0/s1. The number of aryl methyl sites for hydroxylation is 1. The van der Waals surface area contributed by atoms with E-state index in [0.29, 0.717) is 24.5 Å². The average Bonchev–Trinajstić information content (AvgIpc) is 2.94. The van der Waals surface area contributed by atoms with E-state index in [1.807, 2.05) is 32.0 Å². The maximum Gasteiger partial charge on any atom is 0.255 e. The molecule has 1 atom stereocenters. The Hall–Kier alpha value is -2.27. The molecule has 1 aromatic heterocycles. The number of para-hydroxylation sites is 1. The van der Waals surface area contributed by atoms with Crippen LogP contribution < -0.4 is 10.1 Å². The summed E-state index contributed by atoms with van der Waals surface area (Å²) in [6.45, 7) is 4.62. The van der Waals surface area contributed by atoms with Gasteiger partial charge in [0.15, 0.2) is 0 Å². The van der Waals surface area contributed by atoms with Gasteiger partial charge >= 0.3 is 0 Å². The third-order valence-electron chi connectivity index (χ3n) is 3.21. The fraction of sp³-hybridized carbons (Fsp3) is 0.353. The van der Waals surface area contributed by atoms with Crippen LogP contribution in [0.2, 0.25) is 0 Å². The van der Waals surface area contributed by atoms with Gasteiger partial charge < -0.3 is 19.2 Å². The number of amides is 1. The summed E-state index contributed by atoms with van der Waals surface area (Å²) < 4.78 is 16.1. The highest BCUT2D eigenvalue weighted by atomic mass is 16.5. The Balaban J connectivity index is 2.05. The molecule has 0 bridgehead atoms. The Morgan fingerprint density at radius 1 is 1.23 bits per heavy atom. The third kappa shape index (κ3) is 4.11. The Labute approximate surface area is 130 Å². The van der Waals surface area contributed by atoms with Crippen molar-refractivity contribution in [2.24, 2.45) is 0 Å². The van der Waals surface area contributed by atoms with E-state index in [4.69, 9.17) is 13.9 Å². The molecule has 2 aromatic rings. The molecule has 0 radical (unpaired) electrons. The Kier molecular flexibility index (Phi) is 5.61. The molecule has 0 spiro atoms. The predicted molar refractivity (Wildman–Crippen MR) is 83.1 cm³/mol. The van der Waals surface area contributed by atoms with Crippen molar-refractivity contribution in [2.75, 3.05) is 20.3 Å². The Morgan fingerprint density at radius 3 is 2.68 bits per heavy atom. The van der Waals surface area contributed by atoms with E-state index in [2.05, 4.69) is 5.32 Å². The summed E-state index contributed by atoms with van der Waals surface area (Å²) in [7, 11) is 1.61. The lowest BCUT2D eigenvalue weighted by atomic mass is 10.1. The minimum Gasteiger partial charge on any atom is -0.490 e. The molecule has 22 heavy (non-hydrogen) atoms. The summed E-state index contributed by atoms with van der Waals surface area (Å²) in [6.07, 6.45) is 0.